The molecule has 3 heteroatoms. The van der Waals surface area contributed by atoms with Gasteiger partial charge in [0.2, 0.25) is 0 Å². The van der Waals surface area contributed by atoms with E-state index in [4.69, 9.17) is 10.5 Å². The van der Waals surface area contributed by atoms with Crippen LogP contribution in [0.15, 0.2) is 30.3 Å². The Labute approximate surface area is 103 Å². The van der Waals surface area contributed by atoms with Gasteiger partial charge in [-0.05, 0) is 19.4 Å². The normalized spacial score (nSPS) is 14.6. The highest BCUT2D eigenvalue weighted by atomic mass is 16.5. The van der Waals surface area contributed by atoms with Crippen LogP contribution in [0, 0.1) is 5.92 Å². The van der Waals surface area contributed by atoms with Gasteiger partial charge in [-0.1, -0.05) is 37.3 Å². The van der Waals surface area contributed by atoms with Crippen molar-refractivity contribution >= 4 is 5.78 Å². The Morgan fingerprint density at radius 2 is 1.82 bits per heavy atom. The van der Waals surface area contributed by atoms with Crippen molar-refractivity contribution in [1.29, 1.82) is 0 Å². The molecule has 0 spiro atoms. The minimum Gasteiger partial charge on any atom is -0.371 e. The predicted octanol–water partition coefficient (Wildman–Crippen LogP) is 2.32. The maximum absolute atomic E-state index is 11.9. The molecule has 94 valence electrons. The van der Waals surface area contributed by atoms with E-state index in [9.17, 15) is 4.79 Å². The molecule has 1 aromatic carbocycles. The van der Waals surface area contributed by atoms with Gasteiger partial charge < -0.3 is 10.5 Å². The molecule has 2 atom stereocenters. The van der Waals surface area contributed by atoms with Crippen LogP contribution in [-0.2, 0) is 9.53 Å². The highest BCUT2D eigenvalue weighted by molar-refractivity contribution is 5.82. The standard InChI is InChI=1S/C14H21NO2/c1-10(2)17-9-13(16)11(3)14(15)12-7-5-4-6-8-12/h4-8,10-11,14H,9,15H2,1-3H3. The second-order valence-corrected chi connectivity index (χ2v) is 4.55. The zero-order chi connectivity index (χ0) is 12.8. The molecule has 0 aliphatic heterocycles. The molecule has 0 aromatic heterocycles. The molecule has 0 aliphatic rings. The maximum atomic E-state index is 11.9. The molecular formula is C14H21NO2. The summed E-state index contributed by atoms with van der Waals surface area (Å²) in [6.45, 7) is 5.81. The highest BCUT2D eigenvalue weighted by Gasteiger charge is 2.22. The van der Waals surface area contributed by atoms with Gasteiger partial charge in [0.05, 0.1) is 6.10 Å². The first-order valence-corrected chi connectivity index (χ1v) is 5.97. The molecule has 0 saturated heterocycles. The highest BCUT2D eigenvalue weighted by Crippen LogP contribution is 2.19. The van der Waals surface area contributed by atoms with Crippen molar-refractivity contribution in [3.63, 3.8) is 0 Å². The lowest BCUT2D eigenvalue weighted by Crippen LogP contribution is -2.29. The van der Waals surface area contributed by atoms with E-state index < -0.39 is 0 Å². The number of ether oxygens (including phenoxy) is 1. The fourth-order valence-electron chi connectivity index (χ4n) is 1.54. The summed E-state index contributed by atoms with van der Waals surface area (Å²) in [4.78, 5) is 11.9. The number of hydrogen-bond donors (Lipinski definition) is 1. The Hall–Kier alpha value is -1.19. The first-order valence-electron chi connectivity index (χ1n) is 5.97. The molecule has 0 radical (unpaired) electrons. The molecular weight excluding hydrogens is 214 g/mol. The molecule has 17 heavy (non-hydrogen) atoms. The number of carbonyl (C=O) groups is 1. The SMILES string of the molecule is CC(C)OCC(=O)C(C)C(N)c1ccccc1. The van der Waals surface area contributed by atoms with Gasteiger partial charge in [-0.2, -0.15) is 0 Å². The van der Waals surface area contributed by atoms with Gasteiger partial charge in [0.25, 0.3) is 0 Å². The minimum absolute atomic E-state index is 0.0510. The average molecular weight is 235 g/mol. The van der Waals surface area contributed by atoms with E-state index >= 15 is 0 Å². The lowest BCUT2D eigenvalue weighted by Gasteiger charge is -2.19. The van der Waals surface area contributed by atoms with Crippen LogP contribution in [0.3, 0.4) is 0 Å². The van der Waals surface area contributed by atoms with E-state index in [1.165, 1.54) is 0 Å². The summed E-state index contributed by atoms with van der Waals surface area (Å²) in [5.41, 5.74) is 7.05. The Morgan fingerprint density at radius 1 is 1.24 bits per heavy atom. The van der Waals surface area contributed by atoms with E-state index in [1.54, 1.807) is 0 Å². The van der Waals surface area contributed by atoms with Crippen molar-refractivity contribution in [3.05, 3.63) is 35.9 Å². The smallest absolute Gasteiger partial charge is 0.163 e. The number of nitrogens with two attached hydrogens (primary N) is 1. The first kappa shape index (κ1) is 13.9. The monoisotopic (exact) mass is 235 g/mol. The summed E-state index contributed by atoms with van der Waals surface area (Å²) in [6.07, 6.45) is 0.0686. The fourth-order valence-corrected chi connectivity index (χ4v) is 1.54. The molecule has 2 N–H and O–H groups in total. The topological polar surface area (TPSA) is 52.3 Å². The number of rotatable bonds is 6. The molecule has 0 amide bonds. The lowest BCUT2D eigenvalue weighted by molar-refractivity contribution is -0.129. The molecule has 0 aliphatic carbocycles. The molecule has 0 saturated carbocycles. The summed E-state index contributed by atoms with van der Waals surface area (Å²) in [5, 5.41) is 0. The molecule has 2 unspecified atom stereocenters. The Balaban J connectivity index is 2.57. The van der Waals surface area contributed by atoms with E-state index in [1.807, 2.05) is 51.1 Å². The number of hydrogen-bond acceptors (Lipinski definition) is 3. The average Bonchev–Trinajstić information content (AvgIpc) is 2.35. The number of benzene rings is 1. The van der Waals surface area contributed by atoms with Crippen LogP contribution in [0.2, 0.25) is 0 Å². The van der Waals surface area contributed by atoms with Crippen molar-refractivity contribution in [2.45, 2.75) is 32.9 Å². The summed E-state index contributed by atoms with van der Waals surface area (Å²) in [5.74, 6) is -0.175. The van der Waals surface area contributed by atoms with Crippen LogP contribution in [0.1, 0.15) is 32.4 Å². The second-order valence-electron chi connectivity index (χ2n) is 4.55. The van der Waals surface area contributed by atoms with E-state index in [2.05, 4.69) is 0 Å². The molecule has 1 aromatic rings. The number of carbonyl (C=O) groups excluding carboxylic acids is 1. The van der Waals surface area contributed by atoms with Crippen molar-refractivity contribution < 1.29 is 9.53 Å². The van der Waals surface area contributed by atoms with Crippen LogP contribution in [-0.4, -0.2) is 18.5 Å². The van der Waals surface area contributed by atoms with Crippen molar-refractivity contribution in [1.82, 2.24) is 0 Å². The summed E-state index contributed by atoms with van der Waals surface area (Å²) in [7, 11) is 0. The second kappa shape index (κ2) is 6.52. The predicted molar refractivity (Wildman–Crippen MR) is 68.6 cm³/mol. The summed E-state index contributed by atoms with van der Waals surface area (Å²) in [6, 6.07) is 9.41. The van der Waals surface area contributed by atoms with Crippen molar-refractivity contribution in [2.24, 2.45) is 11.7 Å². The largest absolute Gasteiger partial charge is 0.371 e. The van der Waals surface area contributed by atoms with Crippen LogP contribution in [0.5, 0.6) is 0 Å². The van der Waals surface area contributed by atoms with Gasteiger partial charge >= 0.3 is 0 Å². The molecule has 3 nitrogen and oxygen atoms in total. The quantitative estimate of drug-likeness (QED) is 0.823. The third-order valence-electron chi connectivity index (χ3n) is 2.79. The van der Waals surface area contributed by atoms with E-state index in [-0.39, 0.29) is 30.5 Å². The molecule has 0 fully saturated rings. The van der Waals surface area contributed by atoms with E-state index in [0.717, 1.165) is 5.56 Å². The van der Waals surface area contributed by atoms with Crippen LogP contribution in [0.25, 0.3) is 0 Å². The maximum Gasteiger partial charge on any atom is 0.163 e. The Bertz CT molecular complexity index is 348. The van der Waals surface area contributed by atoms with Gasteiger partial charge in [0.1, 0.15) is 6.61 Å². The van der Waals surface area contributed by atoms with Crippen molar-refractivity contribution in [2.75, 3.05) is 6.61 Å². The molecule has 0 bridgehead atoms. The lowest BCUT2D eigenvalue weighted by atomic mass is 9.92. The number of ketones is 1. The van der Waals surface area contributed by atoms with Gasteiger partial charge in [-0.3, -0.25) is 4.79 Å². The Morgan fingerprint density at radius 3 is 2.35 bits per heavy atom. The Kier molecular flexibility index (Phi) is 5.32. The van der Waals surface area contributed by atoms with Gasteiger partial charge in [-0.15, -0.1) is 0 Å². The van der Waals surface area contributed by atoms with Crippen molar-refractivity contribution in [3.8, 4) is 0 Å². The van der Waals surface area contributed by atoms with Gasteiger partial charge in [0.15, 0.2) is 5.78 Å². The van der Waals surface area contributed by atoms with Gasteiger partial charge in [0, 0.05) is 12.0 Å². The fraction of sp³-hybridized carbons (Fsp3) is 0.500. The summed E-state index contributed by atoms with van der Waals surface area (Å²) < 4.78 is 5.31. The zero-order valence-electron chi connectivity index (χ0n) is 10.7. The summed E-state index contributed by atoms with van der Waals surface area (Å²) >= 11 is 0. The molecule has 1 rings (SSSR count). The minimum atomic E-state index is -0.264. The van der Waals surface area contributed by atoms with Gasteiger partial charge in [-0.25, -0.2) is 0 Å². The van der Waals surface area contributed by atoms with Crippen LogP contribution >= 0.6 is 0 Å². The third-order valence-corrected chi connectivity index (χ3v) is 2.79. The first-order chi connectivity index (χ1) is 8.02. The zero-order valence-corrected chi connectivity index (χ0v) is 10.7. The molecule has 0 heterocycles. The van der Waals surface area contributed by atoms with Crippen LogP contribution < -0.4 is 5.73 Å². The van der Waals surface area contributed by atoms with E-state index in [0.29, 0.717) is 0 Å². The number of Topliss-reactive ketones (excluding diaryl/α,β-unsaturated/α-hetero) is 1. The van der Waals surface area contributed by atoms with Crippen LogP contribution in [0.4, 0.5) is 0 Å². The third kappa shape index (κ3) is 4.29.